The van der Waals surface area contributed by atoms with Crippen molar-refractivity contribution in [3.8, 4) is 67.1 Å². The Morgan fingerprint density at radius 1 is 0.367 bits per heavy atom. The van der Waals surface area contributed by atoms with Crippen LogP contribution in [0.5, 0.6) is 11.5 Å². The number of benzene rings is 9. The molecule has 0 spiro atoms. The molecule has 0 bridgehead atoms. The largest absolute Gasteiger partial charge is 0.455 e. The van der Waals surface area contributed by atoms with Gasteiger partial charge in [-0.2, -0.15) is 0 Å². The number of ether oxygens (including phenoxy) is 1. The van der Waals surface area contributed by atoms with Crippen LogP contribution in [0, 0.1) is 0 Å². The van der Waals surface area contributed by atoms with Crippen molar-refractivity contribution in [2.24, 2.45) is 0 Å². The Morgan fingerprint density at radius 3 is 1.50 bits per heavy atom. The van der Waals surface area contributed by atoms with Gasteiger partial charge < -0.3 is 9.64 Å². The van der Waals surface area contributed by atoms with Crippen molar-refractivity contribution in [2.75, 3.05) is 4.90 Å². The lowest BCUT2D eigenvalue weighted by Crippen LogP contribution is -2.18. The maximum atomic E-state index is 7.33. The van der Waals surface area contributed by atoms with Crippen LogP contribution in [0.4, 0.5) is 17.1 Å². The lowest BCUT2D eigenvalue weighted by atomic mass is 9.82. The summed E-state index contributed by atoms with van der Waals surface area (Å²) in [5, 5.41) is 2.39. The predicted molar refractivity (Wildman–Crippen MR) is 250 cm³/mol. The zero-order valence-corrected chi connectivity index (χ0v) is 34.3. The highest BCUT2D eigenvalue weighted by atomic mass is 16.5. The van der Waals surface area contributed by atoms with Gasteiger partial charge in [-0.05, 0) is 121 Å². The normalized spacial score (nSPS) is 14.4. The van der Waals surface area contributed by atoms with E-state index in [4.69, 9.17) is 4.74 Å². The third-order valence-electron chi connectivity index (χ3n) is 13.7. The van der Waals surface area contributed by atoms with Gasteiger partial charge in [-0.25, -0.2) is 0 Å². The Morgan fingerprint density at radius 2 is 0.867 bits per heavy atom. The zero-order chi connectivity index (χ0) is 40.3. The van der Waals surface area contributed by atoms with Crippen LogP contribution in [0.25, 0.3) is 66.4 Å². The van der Waals surface area contributed by atoms with E-state index in [-0.39, 0.29) is 10.8 Å². The molecule has 1 heterocycles. The molecule has 0 unspecified atom stereocenters. The van der Waals surface area contributed by atoms with Gasteiger partial charge in [-0.15, -0.1) is 0 Å². The molecule has 0 radical (unpaired) electrons. The van der Waals surface area contributed by atoms with Gasteiger partial charge in [-0.3, -0.25) is 0 Å². The smallest absolute Gasteiger partial charge is 0.143 e. The van der Waals surface area contributed by atoms with Gasteiger partial charge in [0.25, 0.3) is 0 Å². The summed E-state index contributed by atoms with van der Waals surface area (Å²) in [6, 6.07) is 69.3. The molecular weight excluding hydrogens is 727 g/mol. The lowest BCUT2D eigenvalue weighted by molar-refractivity contribution is 0.489. The van der Waals surface area contributed by atoms with E-state index in [9.17, 15) is 0 Å². The zero-order valence-electron chi connectivity index (χ0n) is 34.3. The molecule has 2 nitrogen and oxygen atoms in total. The third kappa shape index (κ3) is 4.94. The Hall–Kier alpha value is -7.16. The molecule has 9 aromatic carbocycles. The molecule has 60 heavy (non-hydrogen) atoms. The van der Waals surface area contributed by atoms with Crippen LogP contribution in [0.15, 0.2) is 188 Å². The van der Waals surface area contributed by atoms with E-state index >= 15 is 0 Å². The highest BCUT2D eigenvalue weighted by Gasteiger charge is 2.38. The average molecular weight is 770 g/mol. The van der Waals surface area contributed by atoms with Crippen molar-refractivity contribution >= 4 is 27.8 Å². The van der Waals surface area contributed by atoms with E-state index in [1.54, 1.807) is 0 Å². The minimum Gasteiger partial charge on any atom is -0.455 e. The summed E-state index contributed by atoms with van der Waals surface area (Å²) in [7, 11) is 0. The maximum absolute atomic E-state index is 7.33. The summed E-state index contributed by atoms with van der Waals surface area (Å²) >= 11 is 0. The monoisotopic (exact) mass is 769 g/mol. The highest BCUT2D eigenvalue weighted by Crippen LogP contribution is 2.58. The first-order valence-electron chi connectivity index (χ1n) is 21.1. The molecule has 0 aromatic heterocycles. The lowest BCUT2D eigenvalue weighted by Gasteiger charge is -2.31. The standard InChI is InChI=1S/C58H43NO/c1-57(2)49-24-12-10-20-42(49)44-30-28-39(34-51(44)57)59(40-29-31-45-43-21-11-13-25-50(43)58(3,4)52(45)35-40)53-26-15-27-54-55(53)48-33-38-19-9-8-18-37(38)32-47(48)46-23-14-22-41(56(46)60-54)36-16-6-5-7-17-36/h5-35H,1-4H3. The molecule has 12 rings (SSSR count). The van der Waals surface area contributed by atoms with Crippen LogP contribution < -0.4 is 9.64 Å². The summed E-state index contributed by atoms with van der Waals surface area (Å²) in [6.07, 6.45) is 0. The number of hydrogen-bond donors (Lipinski definition) is 0. The van der Waals surface area contributed by atoms with Crippen LogP contribution in [-0.4, -0.2) is 0 Å². The Balaban J connectivity index is 1.15. The molecule has 0 saturated carbocycles. The average Bonchev–Trinajstić information content (AvgIpc) is 3.58. The van der Waals surface area contributed by atoms with Crippen molar-refractivity contribution < 1.29 is 4.74 Å². The molecule has 2 heteroatoms. The minimum absolute atomic E-state index is 0.160. The van der Waals surface area contributed by atoms with E-state index in [0.717, 1.165) is 61.9 Å². The fraction of sp³-hybridized carbons (Fsp3) is 0.103. The molecule has 0 atom stereocenters. The third-order valence-corrected chi connectivity index (χ3v) is 13.7. The summed E-state index contributed by atoms with van der Waals surface area (Å²) in [4.78, 5) is 2.49. The van der Waals surface area contributed by atoms with Gasteiger partial charge in [0, 0.05) is 38.9 Å². The molecule has 0 amide bonds. The number of para-hydroxylation sites is 1. The second-order valence-corrected chi connectivity index (χ2v) is 17.7. The molecule has 3 aliphatic rings. The van der Waals surface area contributed by atoms with Gasteiger partial charge in [0.2, 0.25) is 0 Å². The Kier molecular flexibility index (Phi) is 7.36. The number of rotatable bonds is 4. The fourth-order valence-electron chi connectivity index (χ4n) is 10.6. The van der Waals surface area contributed by atoms with Gasteiger partial charge in [0.15, 0.2) is 0 Å². The molecule has 2 aliphatic carbocycles. The summed E-state index contributed by atoms with van der Waals surface area (Å²) in [5.74, 6) is 1.70. The number of hydrogen-bond acceptors (Lipinski definition) is 2. The SMILES string of the molecule is CC1(C)c2ccccc2-c2ccc(N(c3ccc4c(c3)C(C)(C)c3ccccc3-4)c3cccc4c3-c3cc5ccccc5cc3-c3cccc(-c5ccccc5)c3O4)cc21. The van der Waals surface area contributed by atoms with Crippen LogP contribution in [0.3, 0.4) is 0 Å². The van der Waals surface area contributed by atoms with Crippen LogP contribution in [0.2, 0.25) is 0 Å². The second kappa shape index (κ2) is 12.7. The Bertz CT molecular complexity index is 3140. The van der Waals surface area contributed by atoms with Crippen LogP contribution in [0.1, 0.15) is 49.9 Å². The summed E-state index contributed by atoms with van der Waals surface area (Å²) < 4.78 is 7.33. The Labute approximate surface area is 352 Å². The first kappa shape index (κ1) is 34.8. The quantitative estimate of drug-likeness (QED) is 0.177. The predicted octanol–water partition coefficient (Wildman–Crippen LogP) is 16.0. The van der Waals surface area contributed by atoms with Gasteiger partial charge in [-0.1, -0.05) is 167 Å². The van der Waals surface area contributed by atoms with E-state index in [0.29, 0.717) is 0 Å². The van der Waals surface area contributed by atoms with E-state index in [1.165, 1.54) is 55.3 Å². The molecule has 9 aromatic rings. The maximum Gasteiger partial charge on any atom is 0.143 e. The summed E-state index contributed by atoms with van der Waals surface area (Å²) in [5.41, 5.74) is 20.3. The van der Waals surface area contributed by atoms with Gasteiger partial charge in [0.1, 0.15) is 11.5 Å². The van der Waals surface area contributed by atoms with Crippen molar-refractivity contribution in [2.45, 2.75) is 38.5 Å². The first-order chi connectivity index (χ1) is 29.3. The van der Waals surface area contributed by atoms with Crippen molar-refractivity contribution in [1.82, 2.24) is 0 Å². The first-order valence-corrected chi connectivity index (χ1v) is 21.1. The number of anilines is 3. The number of nitrogens with zero attached hydrogens (tertiary/aromatic N) is 1. The van der Waals surface area contributed by atoms with E-state index in [1.807, 2.05) is 0 Å². The van der Waals surface area contributed by atoms with E-state index < -0.39 is 0 Å². The van der Waals surface area contributed by atoms with Gasteiger partial charge in [0.05, 0.1) is 5.69 Å². The molecule has 286 valence electrons. The van der Waals surface area contributed by atoms with E-state index in [2.05, 4.69) is 221 Å². The molecule has 1 aliphatic heterocycles. The van der Waals surface area contributed by atoms with Gasteiger partial charge >= 0.3 is 0 Å². The highest BCUT2D eigenvalue weighted by molar-refractivity contribution is 6.05. The molecular formula is C58H43NO. The number of fused-ring (bicyclic) bond motifs is 12. The van der Waals surface area contributed by atoms with Crippen LogP contribution in [-0.2, 0) is 10.8 Å². The second-order valence-electron chi connectivity index (χ2n) is 17.7. The molecule has 0 saturated heterocycles. The minimum atomic E-state index is -0.160. The van der Waals surface area contributed by atoms with Crippen LogP contribution >= 0.6 is 0 Å². The van der Waals surface area contributed by atoms with Crippen molar-refractivity contribution in [3.63, 3.8) is 0 Å². The van der Waals surface area contributed by atoms with Crippen molar-refractivity contribution in [1.29, 1.82) is 0 Å². The topological polar surface area (TPSA) is 12.5 Å². The summed E-state index contributed by atoms with van der Waals surface area (Å²) in [6.45, 7) is 9.47. The molecule has 0 fully saturated rings. The van der Waals surface area contributed by atoms with Crippen molar-refractivity contribution in [3.05, 3.63) is 210 Å². The molecule has 0 N–H and O–H groups in total. The fourth-order valence-corrected chi connectivity index (χ4v) is 10.6.